The van der Waals surface area contributed by atoms with Crippen molar-refractivity contribution in [3.05, 3.63) is 23.2 Å². The Labute approximate surface area is 110 Å². The maximum absolute atomic E-state index is 10.9. The highest BCUT2D eigenvalue weighted by Gasteiger charge is 2.06. The van der Waals surface area contributed by atoms with Gasteiger partial charge in [-0.05, 0) is 18.2 Å². The van der Waals surface area contributed by atoms with Crippen LogP contribution in [0.3, 0.4) is 0 Å². The summed E-state index contributed by atoms with van der Waals surface area (Å²) in [5.41, 5.74) is 1.28. The number of aliphatic hydroxyl groups excluding tert-OH is 1. The second-order valence-corrected chi connectivity index (χ2v) is 4.28. The van der Waals surface area contributed by atoms with Crippen LogP contribution >= 0.6 is 23.2 Å². The number of anilines is 2. The molecule has 1 aromatic rings. The smallest absolute Gasteiger partial charge is 0.221 e. The molecule has 1 aromatic carbocycles. The minimum Gasteiger partial charge on any atom is -0.390 e. The van der Waals surface area contributed by atoms with Gasteiger partial charge in [0, 0.05) is 19.2 Å². The van der Waals surface area contributed by atoms with Gasteiger partial charge >= 0.3 is 0 Å². The molecule has 0 aliphatic rings. The number of rotatable bonds is 5. The number of carbonyl (C=O) groups is 1. The van der Waals surface area contributed by atoms with Crippen molar-refractivity contribution in [1.82, 2.24) is 0 Å². The van der Waals surface area contributed by atoms with E-state index in [9.17, 15) is 9.90 Å². The number of halogens is 2. The molecule has 3 N–H and O–H groups in total. The third kappa shape index (κ3) is 4.81. The van der Waals surface area contributed by atoms with Crippen molar-refractivity contribution < 1.29 is 9.90 Å². The van der Waals surface area contributed by atoms with E-state index in [2.05, 4.69) is 10.6 Å². The molecule has 1 atom stereocenters. The van der Waals surface area contributed by atoms with Gasteiger partial charge in [-0.15, -0.1) is 11.6 Å². The fourth-order valence-corrected chi connectivity index (χ4v) is 1.52. The number of amides is 1. The lowest BCUT2D eigenvalue weighted by molar-refractivity contribution is -0.114. The van der Waals surface area contributed by atoms with Crippen LogP contribution in [0.5, 0.6) is 0 Å². The molecule has 1 amide bonds. The van der Waals surface area contributed by atoms with Crippen LogP contribution in [-0.4, -0.2) is 29.5 Å². The fraction of sp³-hybridized carbons (Fsp3) is 0.364. The number of hydrogen-bond donors (Lipinski definition) is 3. The van der Waals surface area contributed by atoms with Crippen LogP contribution in [0.1, 0.15) is 6.92 Å². The first kappa shape index (κ1) is 14.1. The maximum Gasteiger partial charge on any atom is 0.221 e. The average molecular weight is 277 g/mol. The molecule has 6 heteroatoms. The minimum absolute atomic E-state index is 0.149. The van der Waals surface area contributed by atoms with Crippen molar-refractivity contribution >= 4 is 40.5 Å². The van der Waals surface area contributed by atoms with Crippen molar-refractivity contribution in [2.45, 2.75) is 13.0 Å². The molecule has 4 nitrogen and oxygen atoms in total. The van der Waals surface area contributed by atoms with Crippen LogP contribution in [0.25, 0.3) is 0 Å². The van der Waals surface area contributed by atoms with E-state index >= 15 is 0 Å². The molecule has 0 bridgehead atoms. The molecule has 0 saturated heterocycles. The van der Waals surface area contributed by atoms with E-state index in [1.807, 2.05) is 0 Å². The van der Waals surface area contributed by atoms with E-state index in [0.717, 1.165) is 0 Å². The zero-order valence-corrected chi connectivity index (χ0v) is 10.8. The monoisotopic (exact) mass is 276 g/mol. The predicted molar refractivity (Wildman–Crippen MR) is 71.0 cm³/mol. The predicted octanol–water partition coefficient (Wildman–Crippen LogP) is 2.31. The summed E-state index contributed by atoms with van der Waals surface area (Å²) >= 11 is 11.4. The highest BCUT2D eigenvalue weighted by molar-refractivity contribution is 6.33. The second kappa shape index (κ2) is 6.69. The molecule has 0 aromatic heterocycles. The van der Waals surface area contributed by atoms with E-state index in [-0.39, 0.29) is 11.8 Å². The normalized spacial score (nSPS) is 12.0. The zero-order chi connectivity index (χ0) is 12.8. The summed E-state index contributed by atoms with van der Waals surface area (Å²) in [6.07, 6.45) is -0.642. The second-order valence-electron chi connectivity index (χ2n) is 3.56. The van der Waals surface area contributed by atoms with Crippen molar-refractivity contribution in [3.63, 3.8) is 0 Å². The van der Waals surface area contributed by atoms with E-state index in [1.54, 1.807) is 18.2 Å². The molecule has 0 saturated carbocycles. The van der Waals surface area contributed by atoms with E-state index in [1.165, 1.54) is 6.92 Å². The highest BCUT2D eigenvalue weighted by atomic mass is 35.5. The molecule has 0 fully saturated rings. The Bertz CT molecular complexity index is 399. The molecular weight excluding hydrogens is 263 g/mol. The Balaban J connectivity index is 2.72. The van der Waals surface area contributed by atoms with Gasteiger partial charge in [0.2, 0.25) is 5.91 Å². The fourth-order valence-electron chi connectivity index (χ4n) is 1.22. The molecule has 94 valence electrons. The van der Waals surface area contributed by atoms with E-state index < -0.39 is 6.10 Å². The number of aliphatic hydroxyl groups is 1. The maximum atomic E-state index is 10.9. The van der Waals surface area contributed by atoms with Crippen molar-refractivity contribution in [2.24, 2.45) is 0 Å². The van der Waals surface area contributed by atoms with Crippen LogP contribution in [0.15, 0.2) is 18.2 Å². The van der Waals surface area contributed by atoms with Crippen LogP contribution in [0.2, 0.25) is 5.02 Å². The summed E-state index contributed by atoms with van der Waals surface area (Å²) in [5, 5.41) is 15.4. The molecule has 17 heavy (non-hydrogen) atoms. The number of hydrogen-bond acceptors (Lipinski definition) is 3. The number of alkyl halides is 1. The first-order chi connectivity index (χ1) is 8.02. The summed E-state index contributed by atoms with van der Waals surface area (Å²) in [5.74, 6) is -0.00483. The molecule has 0 radical (unpaired) electrons. The lowest BCUT2D eigenvalue weighted by Gasteiger charge is -2.13. The molecule has 0 spiro atoms. The zero-order valence-electron chi connectivity index (χ0n) is 9.34. The molecule has 1 rings (SSSR count). The first-order valence-electron chi connectivity index (χ1n) is 5.08. The summed E-state index contributed by atoms with van der Waals surface area (Å²) < 4.78 is 0. The van der Waals surface area contributed by atoms with E-state index in [4.69, 9.17) is 23.2 Å². The number of carbonyl (C=O) groups excluding carboxylic acids is 1. The van der Waals surface area contributed by atoms with Crippen molar-refractivity contribution in [1.29, 1.82) is 0 Å². The Morgan fingerprint density at radius 3 is 2.82 bits per heavy atom. The van der Waals surface area contributed by atoms with Gasteiger partial charge in [0.1, 0.15) is 0 Å². The summed E-state index contributed by atoms with van der Waals surface area (Å²) in [6, 6.07) is 5.07. The van der Waals surface area contributed by atoms with Gasteiger partial charge in [0.05, 0.1) is 22.7 Å². The minimum atomic E-state index is -0.642. The Kier molecular flexibility index (Phi) is 5.55. The summed E-state index contributed by atoms with van der Waals surface area (Å²) in [4.78, 5) is 10.9. The first-order valence-corrected chi connectivity index (χ1v) is 5.99. The van der Waals surface area contributed by atoms with Crippen LogP contribution < -0.4 is 10.6 Å². The molecule has 0 heterocycles. The van der Waals surface area contributed by atoms with Gasteiger partial charge in [-0.25, -0.2) is 0 Å². The summed E-state index contributed by atoms with van der Waals surface area (Å²) in [7, 11) is 0. The summed E-state index contributed by atoms with van der Waals surface area (Å²) in [6.45, 7) is 1.73. The van der Waals surface area contributed by atoms with Crippen LogP contribution in [0, 0.1) is 0 Å². The van der Waals surface area contributed by atoms with Crippen LogP contribution in [-0.2, 0) is 4.79 Å². The third-order valence-electron chi connectivity index (χ3n) is 1.99. The Hall–Kier alpha value is -0.970. The van der Waals surface area contributed by atoms with Crippen molar-refractivity contribution in [2.75, 3.05) is 23.1 Å². The lowest BCUT2D eigenvalue weighted by Crippen LogP contribution is -2.21. The molecular formula is C11H14Cl2N2O2. The van der Waals surface area contributed by atoms with Gasteiger partial charge in [0.25, 0.3) is 0 Å². The van der Waals surface area contributed by atoms with Crippen molar-refractivity contribution in [3.8, 4) is 0 Å². The Morgan fingerprint density at radius 1 is 1.53 bits per heavy atom. The number of benzene rings is 1. The quantitative estimate of drug-likeness (QED) is 0.724. The highest BCUT2D eigenvalue weighted by Crippen LogP contribution is 2.25. The Morgan fingerprint density at radius 2 is 2.24 bits per heavy atom. The standard InChI is InChI=1S/C11H14Cl2N2O2/c1-7(16)15-8-2-3-10(13)11(4-8)14-6-9(17)5-12/h2-4,9,14,17H,5-6H2,1H3,(H,15,16). The molecule has 0 aliphatic heterocycles. The average Bonchev–Trinajstić information content (AvgIpc) is 2.28. The largest absolute Gasteiger partial charge is 0.390 e. The SMILES string of the molecule is CC(=O)Nc1ccc(Cl)c(NCC(O)CCl)c1. The van der Waals surface area contributed by atoms with Gasteiger partial charge in [-0.2, -0.15) is 0 Å². The van der Waals surface area contributed by atoms with Gasteiger partial charge in [-0.1, -0.05) is 11.6 Å². The van der Waals surface area contributed by atoms with Gasteiger partial charge in [0.15, 0.2) is 0 Å². The molecule has 0 aliphatic carbocycles. The molecule has 1 unspecified atom stereocenters. The van der Waals surface area contributed by atoms with Crippen LogP contribution in [0.4, 0.5) is 11.4 Å². The topological polar surface area (TPSA) is 61.4 Å². The lowest BCUT2D eigenvalue weighted by atomic mass is 10.2. The van der Waals surface area contributed by atoms with E-state index in [0.29, 0.717) is 22.9 Å². The third-order valence-corrected chi connectivity index (χ3v) is 2.68. The van der Waals surface area contributed by atoms with Gasteiger partial charge < -0.3 is 15.7 Å². The van der Waals surface area contributed by atoms with Gasteiger partial charge in [-0.3, -0.25) is 4.79 Å². The number of nitrogens with one attached hydrogen (secondary N) is 2.